The minimum atomic E-state index is 0.518. The third-order valence-corrected chi connectivity index (χ3v) is 4.97. The molecule has 1 heterocycles. The number of nitrogens with one attached hydrogen (secondary N) is 1. The Hall–Kier alpha value is -0.600. The lowest BCUT2D eigenvalue weighted by atomic mass is 10.1. The van der Waals surface area contributed by atoms with Gasteiger partial charge in [0.25, 0.3) is 0 Å². The first-order chi connectivity index (χ1) is 8.35. The second-order valence-corrected chi connectivity index (χ2v) is 6.03. The molecular formula is C15H23NS. The SMILES string of the molecule is C=CCCC(NC)c1cc2c(s1)CCCCC2. The summed E-state index contributed by atoms with van der Waals surface area (Å²) in [5, 5.41) is 3.44. The summed E-state index contributed by atoms with van der Waals surface area (Å²) < 4.78 is 0. The number of fused-ring (bicyclic) bond motifs is 1. The minimum Gasteiger partial charge on any atom is -0.312 e. The van der Waals surface area contributed by atoms with E-state index >= 15 is 0 Å². The van der Waals surface area contributed by atoms with Gasteiger partial charge in [-0.05, 0) is 57.2 Å². The normalized spacial score (nSPS) is 17.2. The van der Waals surface area contributed by atoms with Gasteiger partial charge in [0.2, 0.25) is 0 Å². The molecule has 0 saturated carbocycles. The van der Waals surface area contributed by atoms with Crippen molar-refractivity contribution in [2.45, 2.75) is 51.0 Å². The molecule has 1 aromatic rings. The van der Waals surface area contributed by atoms with E-state index in [-0.39, 0.29) is 0 Å². The summed E-state index contributed by atoms with van der Waals surface area (Å²) in [6, 6.07) is 2.97. The molecule has 1 aromatic heterocycles. The van der Waals surface area contributed by atoms with Crippen molar-refractivity contribution in [2.24, 2.45) is 0 Å². The van der Waals surface area contributed by atoms with E-state index in [0.717, 1.165) is 6.42 Å². The van der Waals surface area contributed by atoms with Crippen LogP contribution in [0.4, 0.5) is 0 Å². The lowest BCUT2D eigenvalue weighted by Gasteiger charge is -2.13. The zero-order valence-electron chi connectivity index (χ0n) is 10.8. The maximum absolute atomic E-state index is 3.81. The number of hydrogen-bond donors (Lipinski definition) is 1. The monoisotopic (exact) mass is 249 g/mol. The van der Waals surface area contributed by atoms with Gasteiger partial charge in [-0.15, -0.1) is 17.9 Å². The Morgan fingerprint density at radius 1 is 1.41 bits per heavy atom. The first-order valence-corrected chi connectivity index (χ1v) is 7.56. The molecule has 94 valence electrons. The fourth-order valence-corrected chi connectivity index (χ4v) is 3.98. The highest BCUT2D eigenvalue weighted by atomic mass is 32.1. The van der Waals surface area contributed by atoms with Crippen LogP contribution in [0.15, 0.2) is 18.7 Å². The average molecular weight is 249 g/mol. The second-order valence-electron chi connectivity index (χ2n) is 4.87. The molecule has 0 aromatic carbocycles. The van der Waals surface area contributed by atoms with Gasteiger partial charge >= 0.3 is 0 Å². The Morgan fingerprint density at radius 3 is 3.00 bits per heavy atom. The molecule has 1 unspecified atom stereocenters. The molecule has 2 heteroatoms. The Morgan fingerprint density at radius 2 is 2.24 bits per heavy atom. The van der Waals surface area contributed by atoms with Crippen LogP contribution in [0.2, 0.25) is 0 Å². The van der Waals surface area contributed by atoms with Gasteiger partial charge in [0, 0.05) is 15.8 Å². The first kappa shape index (κ1) is 12.8. The van der Waals surface area contributed by atoms with Crippen LogP contribution in [-0.4, -0.2) is 7.05 Å². The summed E-state index contributed by atoms with van der Waals surface area (Å²) in [6.45, 7) is 3.81. The molecule has 1 nitrogen and oxygen atoms in total. The zero-order valence-corrected chi connectivity index (χ0v) is 11.6. The number of hydrogen-bond acceptors (Lipinski definition) is 2. The predicted octanol–water partition coefficient (Wildman–Crippen LogP) is 4.24. The van der Waals surface area contributed by atoms with Crippen molar-refractivity contribution < 1.29 is 0 Å². The largest absolute Gasteiger partial charge is 0.312 e. The highest BCUT2D eigenvalue weighted by Crippen LogP contribution is 2.33. The fraction of sp³-hybridized carbons (Fsp3) is 0.600. The van der Waals surface area contributed by atoms with Crippen LogP contribution in [0.5, 0.6) is 0 Å². The van der Waals surface area contributed by atoms with E-state index in [2.05, 4.69) is 25.0 Å². The fourth-order valence-electron chi connectivity index (χ4n) is 2.58. The molecule has 1 aliphatic carbocycles. The van der Waals surface area contributed by atoms with E-state index in [9.17, 15) is 0 Å². The van der Waals surface area contributed by atoms with Crippen molar-refractivity contribution in [3.8, 4) is 0 Å². The maximum Gasteiger partial charge on any atom is 0.0415 e. The summed E-state index contributed by atoms with van der Waals surface area (Å²) in [4.78, 5) is 3.18. The number of allylic oxidation sites excluding steroid dienone is 1. The molecule has 0 amide bonds. The van der Waals surface area contributed by atoms with Gasteiger partial charge in [-0.1, -0.05) is 12.5 Å². The minimum absolute atomic E-state index is 0.518. The summed E-state index contributed by atoms with van der Waals surface area (Å²) in [5.74, 6) is 0. The topological polar surface area (TPSA) is 12.0 Å². The molecule has 2 rings (SSSR count). The van der Waals surface area contributed by atoms with E-state index < -0.39 is 0 Å². The van der Waals surface area contributed by atoms with Crippen LogP contribution in [0.3, 0.4) is 0 Å². The van der Waals surface area contributed by atoms with E-state index in [4.69, 9.17) is 0 Å². The highest BCUT2D eigenvalue weighted by molar-refractivity contribution is 7.12. The van der Waals surface area contributed by atoms with Gasteiger partial charge in [-0.2, -0.15) is 0 Å². The molecule has 0 spiro atoms. The molecule has 0 aliphatic heterocycles. The average Bonchev–Trinajstić information content (AvgIpc) is 2.61. The Balaban J connectivity index is 2.12. The van der Waals surface area contributed by atoms with Gasteiger partial charge in [0.15, 0.2) is 0 Å². The third kappa shape index (κ3) is 3.20. The lowest BCUT2D eigenvalue weighted by molar-refractivity contribution is 0.563. The van der Waals surface area contributed by atoms with E-state index in [1.165, 1.54) is 43.4 Å². The smallest absolute Gasteiger partial charge is 0.0415 e. The molecule has 1 aliphatic rings. The van der Waals surface area contributed by atoms with Crippen LogP contribution >= 0.6 is 11.3 Å². The first-order valence-electron chi connectivity index (χ1n) is 6.74. The van der Waals surface area contributed by atoms with Gasteiger partial charge < -0.3 is 5.32 Å². The van der Waals surface area contributed by atoms with Crippen LogP contribution in [0.1, 0.15) is 53.5 Å². The van der Waals surface area contributed by atoms with Crippen molar-refractivity contribution in [2.75, 3.05) is 7.05 Å². The number of thiophene rings is 1. The van der Waals surface area contributed by atoms with E-state index in [1.807, 2.05) is 17.4 Å². The third-order valence-electron chi connectivity index (χ3n) is 3.62. The quantitative estimate of drug-likeness (QED) is 0.608. The van der Waals surface area contributed by atoms with Crippen molar-refractivity contribution in [1.29, 1.82) is 0 Å². The maximum atomic E-state index is 3.81. The van der Waals surface area contributed by atoms with Crippen molar-refractivity contribution >= 4 is 11.3 Å². The molecule has 0 saturated heterocycles. The zero-order chi connectivity index (χ0) is 12.1. The molecule has 1 atom stereocenters. The van der Waals surface area contributed by atoms with Crippen LogP contribution < -0.4 is 5.32 Å². The summed E-state index contributed by atoms with van der Waals surface area (Å²) >= 11 is 2.03. The van der Waals surface area contributed by atoms with Crippen molar-refractivity contribution in [3.05, 3.63) is 34.0 Å². The number of aryl methyl sites for hydroxylation is 2. The standard InChI is InChI=1S/C15H23NS/c1-3-4-9-13(16-2)15-11-12-8-6-5-7-10-14(12)17-15/h3,11,13,16H,1,4-10H2,2H3. The molecule has 0 bridgehead atoms. The van der Waals surface area contributed by atoms with Gasteiger partial charge in [0.05, 0.1) is 0 Å². The van der Waals surface area contributed by atoms with E-state index in [1.54, 1.807) is 10.4 Å². The van der Waals surface area contributed by atoms with Crippen LogP contribution in [0, 0.1) is 0 Å². The Labute approximate surface area is 109 Å². The van der Waals surface area contributed by atoms with Crippen LogP contribution in [-0.2, 0) is 12.8 Å². The molecule has 17 heavy (non-hydrogen) atoms. The highest BCUT2D eigenvalue weighted by Gasteiger charge is 2.16. The summed E-state index contributed by atoms with van der Waals surface area (Å²) in [7, 11) is 2.07. The van der Waals surface area contributed by atoms with Crippen LogP contribution in [0.25, 0.3) is 0 Å². The summed E-state index contributed by atoms with van der Waals surface area (Å²) in [6.07, 6.45) is 11.0. The van der Waals surface area contributed by atoms with Crippen molar-refractivity contribution in [3.63, 3.8) is 0 Å². The Bertz CT molecular complexity index is 343. The van der Waals surface area contributed by atoms with Crippen molar-refractivity contribution in [1.82, 2.24) is 5.32 Å². The van der Waals surface area contributed by atoms with Gasteiger partial charge in [-0.25, -0.2) is 0 Å². The van der Waals surface area contributed by atoms with Gasteiger partial charge in [0.1, 0.15) is 0 Å². The van der Waals surface area contributed by atoms with Gasteiger partial charge in [-0.3, -0.25) is 0 Å². The molecule has 0 radical (unpaired) electrons. The summed E-state index contributed by atoms with van der Waals surface area (Å²) in [5.41, 5.74) is 1.63. The molecular weight excluding hydrogens is 226 g/mol. The molecule has 1 N–H and O–H groups in total. The predicted molar refractivity (Wildman–Crippen MR) is 76.8 cm³/mol. The second kappa shape index (κ2) is 6.36. The Kier molecular flexibility index (Phi) is 4.81. The molecule has 0 fully saturated rings. The number of rotatable bonds is 5. The van der Waals surface area contributed by atoms with E-state index in [0.29, 0.717) is 6.04 Å². The lowest BCUT2D eigenvalue weighted by Crippen LogP contribution is -2.14.